The fourth-order valence-electron chi connectivity index (χ4n) is 1.06. The van der Waals surface area contributed by atoms with Gasteiger partial charge in [-0.15, -0.1) is 0 Å². The summed E-state index contributed by atoms with van der Waals surface area (Å²) in [6.45, 7) is 2.75. The van der Waals surface area contributed by atoms with Crippen molar-refractivity contribution in [3.63, 3.8) is 0 Å². The second-order valence-electron chi connectivity index (χ2n) is 2.97. The predicted octanol–water partition coefficient (Wildman–Crippen LogP) is 2.47. The van der Waals surface area contributed by atoms with Crippen LogP contribution in [0.25, 0.3) is 0 Å². The number of Topliss-reactive ketones (excluding diaryl/α,β-unsaturated/α-hetero) is 1. The lowest BCUT2D eigenvalue weighted by molar-refractivity contribution is -0.134. The van der Waals surface area contributed by atoms with Crippen LogP contribution < -0.4 is 0 Å². The van der Waals surface area contributed by atoms with Gasteiger partial charge in [-0.05, 0) is 12.8 Å². The Balaban J connectivity index is 2.58. The molecule has 0 saturated heterocycles. The highest BCUT2D eigenvalue weighted by Gasteiger charge is 2.40. The van der Waals surface area contributed by atoms with Crippen molar-refractivity contribution < 1.29 is 18.0 Å². The Morgan fingerprint density at radius 2 is 1.83 bits per heavy atom. The zero-order chi connectivity index (χ0) is 9.35. The molecule has 1 rings (SSSR count). The van der Waals surface area contributed by atoms with Crippen molar-refractivity contribution in [2.24, 2.45) is 5.92 Å². The second kappa shape index (κ2) is 2.92. The molecule has 12 heavy (non-hydrogen) atoms. The third kappa shape index (κ3) is 1.68. The lowest BCUT2D eigenvalue weighted by atomic mass is 9.80. The van der Waals surface area contributed by atoms with Crippen LogP contribution in [-0.4, -0.2) is 12.0 Å². The standard InChI is InChI=1S/C8H9F3O/c1-5(8(9,10)11)7(12)6-3-2-4-6/h6H,1-4H2. The van der Waals surface area contributed by atoms with Crippen molar-refractivity contribution in [2.75, 3.05) is 0 Å². The first-order valence-electron chi connectivity index (χ1n) is 3.73. The van der Waals surface area contributed by atoms with Crippen molar-refractivity contribution >= 4 is 5.78 Å². The highest BCUT2D eigenvalue weighted by atomic mass is 19.4. The van der Waals surface area contributed by atoms with Gasteiger partial charge in [0.15, 0.2) is 5.78 Å². The van der Waals surface area contributed by atoms with Crippen LogP contribution in [0.5, 0.6) is 0 Å². The van der Waals surface area contributed by atoms with E-state index in [4.69, 9.17) is 0 Å². The van der Waals surface area contributed by atoms with E-state index >= 15 is 0 Å². The molecule has 1 aliphatic rings. The van der Waals surface area contributed by atoms with Crippen molar-refractivity contribution in [1.82, 2.24) is 0 Å². The number of carbonyl (C=O) groups excluding carboxylic acids is 1. The third-order valence-electron chi connectivity index (χ3n) is 2.12. The maximum atomic E-state index is 11.9. The molecule has 0 atom stereocenters. The number of hydrogen-bond donors (Lipinski definition) is 0. The van der Waals surface area contributed by atoms with E-state index in [1.165, 1.54) is 0 Å². The van der Waals surface area contributed by atoms with E-state index in [1.807, 2.05) is 0 Å². The zero-order valence-corrected chi connectivity index (χ0v) is 6.45. The normalized spacial score (nSPS) is 18.6. The van der Waals surface area contributed by atoms with Gasteiger partial charge < -0.3 is 0 Å². The quantitative estimate of drug-likeness (QED) is 0.593. The summed E-state index contributed by atoms with van der Waals surface area (Å²) >= 11 is 0. The first-order valence-corrected chi connectivity index (χ1v) is 3.73. The van der Waals surface area contributed by atoms with Gasteiger partial charge >= 0.3 is 6.18 Å². The number of alkyl halides is 3. The minimum atomic E-state index is -4.55. The van der Waals surface area contributed by atoms with Crippen LogP contribution in [0, 0.1) is 5.92 Å². The van der Waals surface area contributed by atoms with Gasteiger partial charge in [0.25, 0.3) is 0 Å². The molecular weight excluding hydrogens is 169 g/mol. The van der Waals surface area contributed by atoms with Crippen LogP contribution in [0.2, 0.25) is 0 Å². The summed E-state index contributed by atoms with van der Waals surface area (Å²) in [4.78, 5) is 11.0. The Morgan fingerprint density at radius 3 is 2.08 bits per heavy atom. The van der Waals surface area contributed by atoms with Crippen LogP contribution in [-0.2, 0) is 4.79 Å². The molecule has 1 nitrogen and oxygen atoms in total. The van der Waals surface area contributed by atoms with Crippen LogP contribution in [0.15, 0.2) is 12.2 Å². The number of ketones is 1. The van der Waals surface area contributed by atoms with Gasteiger partial charge in [-0.3, -0.25) is 4.79 Å². The summed E-state index contributed by atoms with van der Waals surface area (Å²) < 4.78 is 35.7. The molecule has 0 aliphatic heterocycles. The maximum Gasteiger partial charge on any atom is 0.419 e. The Morgan fingerprint density at radius 1 is 1.33 bits per heavy atom. The fourth-order valence-corrected chi connectivity index (χ4v) is 1.06. The fraction of sp³-hybridized carbons (Fsp3) is 0.625. The smallest absolute Gasteiger partial charge is 0.294 e. The first kappa shape index (κ1) is 9.29. The van der Waals surface area contributed by atoms with Gasteiger partial charge in [0, 0.05) is 5.92 Å². The van der Waals surface area contributed by atoms with Crippen LogP contribution in [0.3, 0.4) is 0 Å². The van der Waals surface area contributed by atoms with Crippen molar-refractivity contribution in [2.45, 2.75) is 25.4 Å². The molecule has 1 fully saturated rings. The van der Waals surface area contributed by atoms with E-state index in [1.54, 1.807) is 0 Å². The van der Waals surface area contributed by atoms with Crippen molar-refractivity contribution in [3.8, 4) is 0 Å². The summed E-state index contributed by atoms with van der Waals surface area (Å²) in [5, 5.41) is 0. The SMILES string of the molecule is C=C(C(=O)C1CCC1)C(F)(F)F. The van der Waals surface area contributed by atoms with E-state index in [-0.39, 0.29) is 0 Å². The summed E-state index contributed by atoms with van der Waals surface area (Å²) in [6, 6.07) is 0. The van der Waals surface area contributed by atoms with E-state index in [0.717, 1.165) is 6.42 Å². The summed E-state index contributed by atoms with van der Waals surface area (Å²) in [7, 11) is 0. The topological polar surface area (TPSA) is 17.1 Å². The molecule has 0 radical (unpaired) electrons. The zero-order valence-electron chi connectivity index (χ0n) is 6.45. The molecule has 0 aromatic rings. The highest BCUT2D eigenvalue weighted by molar-refractivity contribution is 5.98. The molecule has 68 valence electrons. The molecule has 0 N–H and O–H groups in total. The number of halogens is 3. The maximum absolute atomic E-state index is 11.9. The van der Waals surface area contributed by atoms with E-state index in [0.29, 0.717) is 12.8 Å². The number of allylic oxidation sites excluding steroid dienone is 1. The largest absolute Gasteiger partial charge is 0.419 e. The summed E-state index contributed by atoms with van der Waals surface area (Å²) in [5.74, 6) is -1.24. The minimum absolute atomic E-state index is 0.417. The van der Waals surface area contributed by atoms with Gasteiger partial charge in [-0.2, -0.15) is 13.2 Å². The van der Waals surface area contributed by atoms with Gasteiger partial charge in [0.2, 0.25) is 0 Å². The van der Waals surface area contributed by atoms with E-state index in [2.05, 4.69) is 6.58 Å². The summed E-state index contributed by atoms with van der Waals surface area (Å²) in [5.41, 5.74) is -1.20. The average molecular weight is 178 g/mol. The Kier molecular flexibility index (Phi) is 2.26. The number of hydrogen-bond acceptors (Lipinski definition) is 1. The summed E-state index contributed by atoms with van der Waals surface area (Å²) in [6.07, 6.45) is -2.55. The molecule has 0 heterocycles. The van der Waals surface area contributed by atoms with E-state index in [9.17, 15) is 18.0 Å². The predicted molar refractivity (Wildman–Crippen MR) is 37.5 cm³/mol. The highest BCUT2D eigenvalue weighted by Crippen LogP contribution is 2.34. The second-order valence-corrected chi connectivity index (χ2v) is 2.97. The molecule has 0 unspecified atom stereocenters. The first-order chi connectivity index (χ1) is 5.43. The number of rotatable bonds is 2. The van der Waals surface area contributed by atoms with Gasteiger partial charge in [0.05, 0.1) is 5.57 Å². The third-order valence-corrected chi connectivity index (χ3v) is 2.12. The molecular formula is C8H9F3O. The molecule has 0 aromatic heterocycles. The molecule has 4 heteroatoms. The van der Waals surface area contributed by atoms with Gasteiger partial charge in [-0.25, -0.2) is 0 Å². The Labute approximate surface area is 68.3 Å². The van der Waals surface area contributed by atoms with Crippen molar-refractivity contribution in [3.05, 3.63) is 12.2 Å². The van der Waals surface area contributed by atoms with Crippen LogP contribution in [0.1, 0.15) is 19.3 Å². The Bertz CT molecular complexity index is 213. The number of carbonyl (C=O) groups is 1. The monoisotopic (exact) mass is 178 g/mol. The lowest BCUT2D eigenvalue weighted by Gasteiger charge is -2.25. The minimum Gasteiger partial charge on any atom is -0.294 e. The Hall–Kier alpha value is -0.800. The lowest BCUT2D eigenvalue weighted by Crippen LogP contribution is -2.29. The van der Waals surface area contributed by atoms with Crippen LogP contribution >= 0.6 is 0 Å². The van der Waals surface area contributed by atoms with Crippen LogP contribution in [0.4, 0.5) is 13.2 Å². The van der Waals surface area contributed by atoms with Gasteiger partial charge in [-0.1, -0.05) is 13.0 Å². The van der Waals surface area contributed by atoms with Gasteiger partial charge in [0.1, 0.15) is 0 Å². The molecule has 1 saturated carbocycles. The molecule has 1 aliphatic carbocycles. The molecule has 0 spiro atoms. The van der Waals surface area contributed by atoms with Crippen molar-refractivity contribution in [1.29, 1.82) is 0 Å². The van der Waals surface area contributed by atoms with E-state index < -0.39 is 23.5 Å². The molecule has 0 aromatic carbocycles. The average Bonchev–Trinajstić information content (AvgIpc) is 1.79. The molecule has 0 amide bonds. The molecule has 0 bridgehead atoms.